The van der Waals surface area contributed by atoms with E-state index in [0.29, 0.717) is 13.2 Å². The van der Waals surface area contributed by atoms with E-state index in [1.165, 1.54) is 0 Å². The lowest BCUT2D eigenvalue weighted by atomic mass is 10.3. The summed E-state index contributed by atoms with van der Waals surface area (Å²) < 4.78 is 20.0. The lowest BCUT2D eigenvalue weighted by molar-refractivity contribution is -0.145. The average Bonchev–Trinajstić information content (AvgIpc) is 3.19. The molecule has 6 heteroatoms. The molecule has 0 aromatic carbocycles. The van der Waals surface area contributed by atoms with Crippen molar-refractivity contribution in [1.29, 1.82) is 0 Å². The summed E-state index contributed by atoms with van der Waals surface area (Å²) in [6.07, 6.45) is 1.50. The Labute approximate surface area is 105 Å². The number of hydrogen-bond donors (Lipinski definition) is 0. The maximum atomic E-state index is 11.3. The maximum Gasteiger partial charge on any atom is 0.331 e. The van der Waals surface area contributed by atoms with Crippen LogP contribution in [0.1, 0.15) is 13.8 Å². The summed E-state index contributed by atoms with van der Waals surface area (Å²) in [5, 5.41) is 0. The van der Waals surface area contributed by atoms with Gasteiger partial charge in [0.05, 0.1) is 13.2 Å². The third kappa shape index (κ3) is 4.12. The average molecular weight is 256 g/mol. The van der Waals surface area contributed by atoms with E-state index >= 15 is 0 Å². The van der Waals surface area contributed by atoms with Gasteiger partial charge in [0.2, 0.25) is 0 Å². The van der Waals surface area contributed by atoms with Crippen LogP contribution in [0.3, 0.4) is 0 Å². The van der Waals surface area contributed by atoms with Gasteiger partial charge < -0.3 is 18.9 Å². The smallest absolute Gasteiger partial charge is 0.331 e. The topological polar surface area (TPSA) is 77.7 Å². The van der Waals surface area contributed by atoms with Crippen LogP contribution in [-0.4, -0.2) is 49.6 Å². The SMILES string of the molecule is CC(OC(=O)/C=C\C(=O)OC(C)C1CO1)C1CO1. The Hall–Kier alpha value is -1.40. The fraction of sp³-hybridized carbons (Fsp3) is 0.667. The highest BCUT2D eigenvalue weighted by molar-refractivity contribution is 5.91. The largest absolute Gasteiger partial charge is 0.457 e. The number of hydrogen-bond acceptors (Lipinski definition) is 6. The fourth-order valence-corrected chi connectivity index (χ4v) is 1.39. The Morgan fingerprint density at radius 2 is 1.33 bits per heavy atom. The van der Waals surface area contributed by atoms with Gasteiger partial charge in [-0.3, -0.25) is 0 Å². The molecule has 4 unspecified atom stereocenters. The van der Waals surface area contributed by atoms with Crippen molar-refractivity contribution >= 4 is 11.9 Å². The molecule has 0 spiro atoms. The van der Waals surface area contributed by atoms with E-state index in [9.17, 15) is 9.59 Å². The molecule has 0 saturated carbocycles. The molecule has 2 aliphatic heterocycles. The lowest BCUT2D eigenvalue weighted by Crippen LogP contribution is -2.20. The fourth-order valence-electron chi connectivity index (χ4n) is 1.39. The van der Waals surface area contributed by atoms with Crippen molar-refractivity contribution in [3.05, 3.63) is 12.2 Å². The van der Waals surface area contributed by atoms with Crippen LogP contribution in [0.2, 0.25) is 0 Å². The molecule has 0 radical (unpaired) electrons. The Morgan fingerprint density at radius 3 is 1.61 bits per heavy atom. The van der Waals surface area contributed by atoms with Crippen molar-refractivity contribution in [2.75, 3.05) is 13.2 Å². The minimum Gasteiger partial charge on any atom is -0.457 e. The first-order valence-electron chi connectivity index (χ1n) is 5.89. The molecular weight excluding hydrogens is 240 g/mol. The highest BCUT2D eigenvalue weighted by Gasteiger charge is 2.32. The van der Waals surface area contributed by atoms with Crippen LogP contribution in [0.15, 0.2) is 12.2 Å². The summed E-state index contributed by atoms with van der Waals surface area (Å²) in [5.74, 6) is -1.16. The minimum atomic E-state index is -0.578. The highest BCUT2D eigenvalue weighted by Crippen LogP contribution is 2.17. The van der Waals surface area contributed by atoms with Crippen LogP contribution in [0.5, 0.6) is 0 Å². The molecule has 6 nitrogen and oxygen atoms in total. The van der Waals surface area contributed by atoms with Gasteiger partial charge in [-0.1, -0.05) is 0 Å². The second-order valence-corrected chi connectivity index (χ2v) is 4.36. The Bertz CT molecular complexity index is 322. The molecule has 2 fully saturated rings. The van der Waals surface area contributed by atoms with E-state index in [4.69, 9.17) is 18.9 Å². The predicted molar refractivity (Wildman–Crippen MR) is 59.7 cm³/mol. The zero-order valence-electron chi connectivity index (χ0n) is 10.3. The van der Waals surface area contributed by atoms with E-state index in [1.807, 2.05) is 0 Å². The Morgan fingerprint density at radius 1 is 1.00 bits per heavy atom. The third-order valence-electron chi connectivity index (χ3n) is 2.72. The monoisotopic (exact) mass is 256 g/mol. The number of rotatable bonds is 6. The van der Waals surface area contributed by atoms with Crippen molar-refractivity contribution in [1.82, 2.24) is 0 Å². The molecular formula is C12H16O6. The van der Waals surface area contributed by atoms with E-state index in [0.717, 1.165) is 12.2 Å². The van der Waals surface area contributed by atoms with Crippen LogP contribution in [-0.2, 0) is 28.5 Å². The summed E-state index contributed by atoms with van der Waals surface area (Å²) in [4.78, 5) is 22.7. The van der Waals surface area contributed by atoms with Crippen molar-refractivity contribution < 1.29 is 28.5 Å². The number of epoxide rings is 2. The van der Waals surface area contributed by atoms with Gasteiger partial charge in [-0.15, -0.1) is 0 Å². The van der Waals surface area contributed by atoms with Crippen molar-refractivity contribution in [3.63, 3.8) is 0 Å². The standard InChI is InChI=1S/C12H16O6/c1-7(9-5-15-9)17-11(13)3-4-12(14)18-8(2)10-6-16-10/h3-4,7-10H,5-6H2,1-2H3/b4-3-. The van der Waals surface area contributed by atoms with Gasteiger partial charge in [0.25, 0.3) is 0 Å². The van der Waals surface area contributed by atoms with Crippen molar-refractivity contribution in [2.45, 2.75) is 38.3 Å². The van der Waals surface area contributed by atoms with E-state index < -0.39 is 11.9 Å². The van der Waals surface area contributed by atoms with Crippen LogP contribution >= 0.6 is 0 Å². The van der Waals surface area contributed by atoms with Crippen LogP contribution < -0.4 is 0 Å². The third-order valence-corrected chi connectivity index (χ3v) is 2.72. The lowest BCUT2D eigenvalue weighted by Gasteiger charge is -2.09. The molecule has 18 heavy (non-hydrogen) atoms. The molecule has 0 aliphatic carbocycles. The van der Waals surface area contributed by atoms with Crippen molar-refractivity contribution in [2.24, 2.45) is 0 Å². The zero-order chi connectivity index (χ0) is 13.1. The summed E-state index contributed by atoms with van der Waals surface area (Å²) in [6.45, 7) is 4.71. The normalized spacial score (nSPS) is 28.6. The summed E-state index contributed by atoms with van der Waals surface area (Å²) in [5.41, 5.74) is 0. The molecule has 2 saturated heterocycles. The van der Waals surface area contributed by atoms with E-state index in [-0.39, 0.29) is 24.4 Å². The molecule has 0 aromatic rings. The van der Waals surface area contributed by atoms with Crippen molar-refractivity contribution in [3.8, 4) is 0 Å². The van der Waals surface area contributed by atoms with Gasteiger partial charge in [-0.05, 0) is 13.8 Å². The molecule has 0 amide bonds. The molecule has 0 bridgehead atoms. The van der Waals surface area contributed by atoms with Gasteiger partial charge in [0.15, 0.2) is 0 Å². The second-order valence-electron chi connectivity index (χ2n) is 4.36. The number of carbonyl (C=O) groups is 2. The molecule has 0 N–H and O–H groups in total. The molecule has 0 aromatic heterocycles. The van der Waals surface area contributed by atoms with Crippen LogP contribution in [0.4, 0.5) is 0 Å². The first kappa shape index (κ1) is 13.0. The molecule has 2 aliphatic rings. The van der Waals surface area contributed by atoms with Gasteiger partial charge in [-0.2, -0.15) is 0 Å². The van der Waals surface area contributed by atoms with Gasteiger partial charge in [0.1, 0.15) is 24.4 Å². The van der Waals surface area contributed by atoms with Gasteiger partial charge in [-0.25, -0.2) is 9.59 Å². The van der Waals surface area contributed by atoms with E-state index in [2.05, 4.69) is 0 Å². The Kier molecular flexibility index (Phi) is 3.98. The Balaban J connectivity index is 1.67. The first-order valence-corrected chi connectivity index (χ1v) is 5.89. The molecule has 2 rings (SSSR count). The molecule has 4 atom stereocenters. The van der Waals surface area contributed by atoms with Gasteiger partial charge in [0, 0.05) is 12.2 Å². The first-order chi connectivity index (χ1) is 8.56. The number of ether oxygens (including phenoxy) is 4. The molecule has 2 heterocycles. The van der Waals surface area contributed by atoms with Crippen LogP contribution in [0.25, 0.3) is 0 Å². The number of carbonyl (C=O) groups excluding carboxylic acids is 2. The quantitative estimate of drug-likeness (QED) is 0.384. The van der Waals surface area contributed by atoms with E-state index in [1.54, 1.807) is 13.8 Å². The zero-order valence-corrected chi connectivity index (χ0v) is 10.3. The van der Waals surface area contributed by atoms with Crippen LogP contribution in [0, 0.1) is 0 Å². The molecule has 100 valence electrons. The summed E-state index contributed by atoms with van der Waals surface area (Å²) in [7, 11) is 0. The second kappa shape index (κ2) is 5.49. The predicted octanol–water partition coefficient (Wildman–Crippen LogP) is 0.204. The summed E-state index contributed by atoms with van der Waals surface area (Å²) in [6, 6.07) is 0. The summed E-state index contributed by atoms with van der Waals surface area (Å²) >= 11 is 0. The minimum absolute atomic E-state index is 0.0126. The number of esters is 2. The van der Waals surface area contributed by atoms with Gasteiger partial charge >= 0.3 is 11.9 Å². The highest BCUT2D eigenvalue weighted by atomic mass is 16.6. The maximum absolute atomic E-state index is 11.3.